The summed E-state index contributed by atoms with van der Waals surface area (Å²) in [5, 5.41) is 8.59. The van der Waals surface area contributed by atoms with E-state index in [1.54, 1.807) is 13.8 Å². The largest absolute Gasteiger partial charge is 0.401 e. The molecule has 0 fully saturated rings. The first-order valence-corrected chi connectivity index (χ1v) is 4.15. The Hall–Kier alpha value is -1.56. The third kappa shape index (κ3) is 5.68. The van der Waals surface area contributed by atoms with Gasteiger partial charge in [0.2, 0.25) is 0 Å². The molecule has 0 rings (SSSR count). The highest BCUT2D eigenvalue weighted by Gasteiger charge is 2.01. The summed E-state index contributed by atoms with van der Waals surface area (Å²) < 4.78 is 0. The molecule has 13 heavy (non-hydrogen) atoms. The van der Waals surface area contributed by atoms with Crippen LogP contribution in [-0.2, 0) is 0 Å². The molecule has 0 aliphatic carbocycles. The topological polar surface area (TPSA) is 62.2 Å². The van der Waals surface area contributed by atoms with Crippen molar-refractivity contribution in [2.24, 2.45) is 10.7 Å². The van der Waals surface area contributed by atoms with E-state index in [1.165, 1.54) is 6.20 Å². The molecule has 3 heteroatoms. The van der Waals surface area contributed by atoms with Gasteiger partial charge < -0.3 is 5.73 Å². The fourth-order valence-corrected chi connectivity index (χ4v) is 0.656. The monoisotopic (exact) mass is 179 g/mol. The van der Waals surface area contributed by atoms with Crippen molar-refractivity contribution in [3.05, 3.63) is 24.0 Å². The van der Waals surface area contributed by atoms with Crippen molar-refractivity contribution in [1.82, 2.24) is 0 Å². The van der Waals surface area contributed by atoms with E-state index in [1.807, 2.05) is 19.9 Å². The van der Waals surface area contributed by atoms with E-state index in [2.05, 4.69) is 11.6 Å². The van der Waals surface area contributed by atoms with Crippen LogP contribution in [-0.4, -0.2) is 5.71 Å². The van der Waals surface area contributed by atoms with E-state index in [-0.39, 0.29) is 0 Å². The van der Waals surface area contributed by atoms with Crippen molar-refractivity contribution in [2.45, 2.75) is 27.7 Å². The van der Waals surface area contributed by atoms with Crippen molar-refractivity contribution in [3.8, 4) is 6.07 Å². The van der Waals surface area contributed by atoms with Gasteiger partial charge in [0.1, 0.15) is 6.07 Å². The van der Waals surface area contributed by atoms with Crippen molar-refractivity contribution < 1.29 is 0 Å². The highest BCUT2D eigenvalue weighted by molar-refractivity contribution is 6.02. The normalized spacial score (nSPS) is 11.8. The van der Waals surface area contributed by atoms with Crippen LogP contribution in [0.2, 0.25) is 0 Å². The number of hydrogen-bond donors (Lipinski definition) is 1. The van der Waals surface area contributed by atoms with Gasteiger partial charge in [0.05, 0.1) is 11.3 Å². The molecule has 0 heterocycles. The van der Waals surface area contributed by atoms with E-state index < -0.39 is 0 Å². The van der Waals surface area contributed by atoms with E-state index in [0.29, 0.717) is 17.0 Å². The molecular formula is C10H17N3. The van der Waals surface area contributed by atoms with E-state index >= 15 is 0 Å². The summed E-state index contributed by atoms with van der Waals surface area (Å²) in [6.45, 7) is 10.8. The zero-order chi connectivity index (χ0) is 10.9. The van der Waals surface area contributed by atoms with Crippen LogP contribution in [0.5, 0.6) is 0 Å². The average Bonchev–Trinajstić information content (AvgIpc) is 2.09. The molecule has 0 aromatic rings. The first-order chi connectivity index (χ1) is 6.13. The van der Waals surface area contributed by atoms with Gasteiger partial charge >= 0.3 is 0 Å². The molecule has 0 aromatic carbocycles. The lowest BCUT2D eigenvalue weighted by Gasteiger charge is -1.97. The maximum atomic E-state index is 8.59. The van der Waals surface area contributed by atoms with Crippen LogP contribution in [0.3, 0.4) is 0 Å². The summed E-state index contributed by atoms with van der Waals surface area (Å²) in [5.74, 6) is 0. The molecule has 0 saturated carbocycles. The number of allylic oxidation sites excluding steroid dienone is 2. The van der Waals surface area contributed by atoms with Gasteiger partial charge in [-0.15, -0.1) is 0 Å². The van der Waals surface area contributed by atoms with E-state index in [4.69, 9.17) is 11.0 Å². The van der Waals surface area contributed by atoms with Crippen LogP contribution in [0, 0.1) is 11.3 Å². The predicted octanol–water partition coefficient (Wildman–Crippen LogP) is 2.37. The van der Waals surface area contributed by atoms with Crippen LogP contribution in [0.15, 0.2) is 29.0 Å². The molecule has 2 N–H and O–H groups in total. The van der Waals surface area contributed by atoms with Crippen molar-refractivity contribution in [1.29, 1.82) is 5.26 Å². The number of nitrogens with zero attached hydrogens (tertiary/aromatic N) is 2. The fourth-order valence-electron chi connectivity index (χ4n) is 0.656. The Morgan fingerprint density at radius 2 is 1.92 bits per heavy atom. The summed E-state index contributed by atoms with van der Waals surface area (Å²) >= 11 is 0. The van der Waals surface area contributed by atoms with Crippen LogP contribution in [0.4, 0.5) is 0 Å². The number of aliphatic imine (C=N–C) groups is 1. The van der Waals surface area contributed by atoms with Crippen LogP contribution in [0.1, 0.15) is 27.7 Å². The molecule has 0 radical (unpaired) electrons. The van der Waals surface area contributed by atoms with Gasteiger partial charge in [0.15, 0.2) is 0 Å². The minimum absolute atomic E-state index is 0.421. The maximum Gasteiger partial charge on any atom is 0.103 e. The van der Waals surface area contributed by atoms with Crippen molar-refractivity contribution in [2.75, 3.05) is 0 Å². The number of rotatable bonds is 2. The van der Waals surface area contributed by atoms with Gasteiger partial charge in [0, 0.05) is 11.9 Å². The molecule has 0 spiro atoms. The second-order valence-corrected chi connectivity index (χ2v) is 2.07. The third-order valence-corrected chi connectivity index (χ3v) is 1.15. The van der Waals surface area contributed by atoms with Gasteiger partial charge in [-0.05, 0) is 13.8 Å². The molecule has 72 valence electrons. The standard InChI is InChI=1S/C8H11N3.C2H6/c1-4-11-7(3)8(5-9)6(2)10;1-2/h4H,1,10H2,2-3H3;1-2H3/b8-6+,11-7?;. The number of nitriles is 1. The van der Waals surface area contributed by atoms with Gasteiger partial charge in [-0.25, -0.2) is 0 Å². The highest BCUT2D eigenvalue weighted by atomic mass is 14.7. The summed E-state index contributed by atoms with van der Waals surface area (Å²) in [6, 6.07) is 1.96. The first kappa shape index (κ1) is 14.0. The molecule has 0 aliphatic heterocycles. The quantitative estimate of drug-likeness (QED) is 0.522. The Labute approximate surface area is 80.3 Å². The Kier molecular flexibility index (Phi) is 9.19. The Bertz CT molecular complexity index is 250. The smallest absolute Gasteiger partial charge is 0.103 e. The second kappa shape index (κ2) is 8.54. The minimum Gasteiger partial charge on any atom is -0.401 e. The molecule has 0 saturated heterocycles. The molecule has 0 unspecified atom stereocenters. The zero-order valence-corrected chi connectivity index (χ0v) is 8.76. The zero-order valence-electron chi connectivity index (χ0n) is 8.76. The summed E-state index contributed by atoms with van der Waals surface area (Å²) in [6.07, 6.45) is 1.38. The number of hydrogen-bond acceptors (Lipinski definition) is 3. The molecule has 0 bridgehead atoms. The minimum atomic E-state index is 0.421. The van der Waals surface area contributed by atoms with Gasteiger partial charge in [-0.1, -0.05) is 20.4 Å². The SMILES string of the molecule is C=CN=C(C)/C(C#N)=C(\C)N.CC. The lowest BCUT2D eigenvalue weighted by Crippen LogP contribution is -2.04. The molecule has 3 nitrogen and oxygen atoms in total. The fraction of sp³-hybridized carbons (Fsp3) is 0.400. The molecule has 0 atom stereocenters. The van der Waals surface area contributed by atoms with Gasteiger partial charge in [0.25, 0.3) is 0 Å². The molecular weight excluding hydrogens is 162 g/mol. The van der Waals surface area contributed by atoms with Crippen molar-refractivity contribution >= 4 is 5.71 Å². The Morgan fingerprint density at radius 1 is 1.46 bits per heavy atom. The summed E-state index contributed by atoms with van der Waals surface area (Å²) in [5.41, 5.74) is 6.92. The van der Waals surface area contributed by atoms with Crippen molar-refractivity contribution in [3.63, 3.8) is 0 Å². The first-order valence-electron chi connectivity index (χ1n) is 4.15. The van der Waals surface area contributed by atoms with E-state index in [9.17, 15) is 0 Å². The van der Waals surface area contributed by atoms with E-state index in [0.717, 1.165) is 0 Å². The van der Waals surface area contributed by atoms with Crippen LogP contribution >= 0.6 is 0 Å². The van der Waals surface area contributed by atoms with Crippen LogP contribution in [0.25, 0.3) is 0 Å². The Balaban J connectivity index is 0. The third-order valence-electron chi connectivity index (χ3n) is 1.15. The lowest BCUT2D eigenvalue weighted by molar-refractivity contribution is 1.28. The molecule has 0 amide bonds. The maximum absolute atomic E-state index is 8.59. The lowest BCUT2D eigenvalue weighted by atomic mass is 10.1. The molecule has 0 aromatic heterocycles. The van der Waals surface area contributed by atoms with Gasteiger partial charge in [-0.2, -0.15) is 5.26 Å². The molecule has 0 aliphatic rings. The predicted molar refractivity (Wildman–Crippen MR) is 57.2 cm³/mol. The highest BCUT2D eigenvalue weighted by Crippen LogP contribution is 2.00. The van der Waals surface area contributed by atoms with Crippen LogP contribution < -0.4 is 5.73 Å². The summed E-state index contributed by atoms with van der Waals surface area (Å²) in [7, 11) is 0. The number of nitrogens with two attached hydrogens (primary N) is 1. The second-order valence-electron chi connectivity index (χ2n) is 2.07. The summed E-state index contributed by atoms with van der Waals surface area (Å²) in [4.78, 5) is 3.84. The van der Waals surface area contributed by atoms with Gasteiger partial charge in [-0.3, -0.25) is 4.99 Å². The Morgan fingerprint density at radius 3 is 2.15 bits per heavy atom. The average molecular weight is 179 g/mol.